The minimum absolute atomic E-state index is 0.186. The Kier molecular flexibility index (Phi) is 4.58. The fourth-order valence-electron chi connectivity index (χ4n) is 3.45. The van der Waals surface area contributed by atoms with Crippen molar-refractivity contribution in [1.82, 2.24) is 20.2 Å². The van der Waals surface area contributed by atoms with Gasteiger partial charge in [0.25, 0.3) is 5.56 Å². The number of hydrogen-bond donors (Lipinski definition) is 1. The molecule has 3 aromatic rings. The summed E-state index contributed by atoms with van der Waals surface area (Å²) in [6.45, 7) is 7.33. The van der Waals surface area contributed by atoms with Crippen LogP contribution in [0.3, 0.4) is 0 Å². The number of hydrogen-bond acceptors (Lipinski definition) is 6. The van der Waals surface area contributed by atoms with Gasteiger partial charge in [-0.05, 0) is 13.8 Å². The molecule has 1 fully saturated rings. The number of piperazine rings is 1. The fourth-order valence-corrected chi connectivity index (χ4v) is 3.45. The van der Waals surface area contributed by atoms with Crippen molar-refractivity contribution in [3.05, 3.63) is 64.3 Å². The molecule has 27 heavy (non-hydrogen) atoms. The second-order valence-electron chi connectivity index (χ2n) is 6.71. The van der Waals surface area contributed by atoms with Crippen LogP contribution in [0, 0.1) is 13.8 Å². The van der Waals surface area contributed by atoms with Gasteiger partial charge in [-0.15, -0.1) is 0 Å². The maximum Gasteiger partial charge on any atom is 0.266 e. The lowest BCUT2D eigenvalue weighted by Gasteiger charge is -2.37. The Balaban J connectivity index is 1.59. The molecule has 7 nitrogen and oxygen atoms in total. The molecule has 0 saturated carbocycles. The minimum Gasteiger partial charge on any atom is -0.366 e. The van der Waals surface area contributed by atoms with Gasteiger partial charge in [0.1, 0.15) is 17.8 Å². The van der Waals surface area contributed by atoms with Crippen LogP contribution in [0.4, 0.5) is 11.5 Å². The molecule has 1 aliphatic rings. The molecular weight excluding hydrogens is 340 g/mol. The molecule has 7 heteroatoms. The number of nitrogens with one attached hydrogen (secondary N) is 1. The Morgan fingerprint density at radius 1 is 0.963 bits per heavy atom. The SMILES string of the molecule is Cc1ncnc(N2CCN(c3cc(=O)[nH]nc3-c3ccccc3)CC2)c1C. The molecule has 4 rings (SSSR count). The van der Waals surface area contributed by atoms with Crippen LogP contribution in [0.15, 0.2) is 47.5 Å². The lowest BCUT2D eigenvalue weighted by molar-refractivity contribution is 0.643. The summed E-state index contributed by atoms with van der Waals surface area (Å²) in [7, 11) is 0. The molecule has 0 radical (unpaired) electrons. The van der Waals surface area contributed by atoms with Gasteiger partial charge < -0.3 is 9.80 Å². The highest BCUT2D eigenvalue weighted by Gasteiger charge is 2.23. The molecule has 1 N–H and O–H groups in total. The van der Waals surface area contributed by atoms with Crippen LogP contribution in [0.25, 0.3) is 11.3 Å². The second-order valence-corrected chi connectivity index (χ2v) is 6.71. The first-order valence-corrected chi connectivity index (χ1v) is 9.07. The third-order valence-electron chi connectivity index (χ3n) is 5.06. The van der Waals surface area contributed by atoms with Crippen molar-refractivity contribution in [1.29, 1.82) is 0 Å². The minimum atomic E-state index is -0.186. The third kappa shape index (κ3) is 3.40. The molecule has 0 bridgehead atoms. The van der Waals surface area contributed by atoms with E-state index in [9.17, 15) is 4.79 Å². The molecule has 0 aliphatic carbocycles. The van der Waals surface area contributed by atoms with E-state index < -0.39 is 0 Å². The summed E-state index contributed by atoms with van der Waals surface area (Å²) in [5, 5.41) is 6.88. The number of rotatable bonds is 3. The smallest absolute Gasteiger partial charge is 0.266 e. The topological polar surface area (TPSA) is 78.0 Å². The molecule has 3 heterocycles. The van der Waals surface area contributed by atoms with E-state index in [1.807, 2.05) is 37.3 Å². The van der Waals surface area contributed by atoms with Crippen molar-refractivity contribution >= 4 is 11.5 Å². The van der Waals surface area contributed by atoms with Crippen molar-refractivity contribution in [2.24, 2.45) is 0 Å². The van der Waals surface area contributed by atoms with E-state index >= 15 is 0 Å². The van der Waals surface area contributed by atoms with Gasteiger partial charge in [0.15, 0.2) is 0 Å². The van der Waals surface area contributed by atoms with Gasteiger partial charge in [-0.1, -0.05) is 30.3 Å². The lowest BCUT2D eigenvalue weighted by atomic mass is 10.1. The Morgan fingerprint density at radius 2 is 1.67 bits per heavy atom. The predicted molar refractivity (Wildman–Crippen MR) is 106 cm³/mol. The molecule has 138 valence electrons. The normalized spacial score (nSPS) is 14.4. The molecule has 0 spiro atoms. The van der Waals surface area contributed by atoms with E-state index in [1.54, 1.807) is 12.4 Å². The summed E-state index contributed by atoms with van der Waals surface area (Å²) in [6.07, 6.45) is 1.62. The van der Waals surface area contributed by atoms with Crippen LogP contribution in [0.1, 0.15) is 11.3 Å². The number of aryl methyl sites for hydroxylation is 1. The van der Waals surface area contributed by atoms with Crippen LogP contribution < -0.4 is 15.4 Å². The van der Waals surface area contributed by atoms with Crippen LogP contribution in [0.5, 0.6) is 0 Å². The van der Waals surface area contributed by atoms with E-state index in [1.165, 1.54) is 0 Å². The molecule has 1 saturated heterocycles. The van der Waals surface area contributed by atoms with Crippen LogP contribution in [-0.2, 0) is 0 Å². The van der Waals surface area contributed by atoms with E-state index in [0.717, 1.165) is 60.2 Å². The van der Waals surface area contributed by atoms with Crippen LogP contribution >= 0.6 is 0 Å². The standard InChI is InChI=1S/C20H22N6O/c1-14-15(2)21-13-22-20(14)26-10-8-25(9-11-26)17-12-18(27)23-24-19(17)16-6-4-3-5-7-16/h3-7,12-13H,8-11H2,1-2H3,(H,23,27). The average Bonchev–Trinajstić information content (AvgIpc) is 2.71. The van der Waals surface area contributed by atoms with Gasteiger partial charge >= 0.3 is 0 Å². The molecule has 2 aromatic heterocycles. The van der Waals surface area contributed by atoms with E-state index in [0.29, 0.717) is 0 Å². The number of nitrogens with zero attached hydrogens (tertiary/aromatic N) is 5. The number of anilines is 2. The monoisotopic (exact) mass is 362 g/mol. The van der Waals surface area contributed by atoms with Gasteiger partial charge in [0, 0.05) is 49.1 Å². The van der Waals surface area contributed by atoms with Gasteiger partial charge in [-0.2, -0.15) is 5.10 Å². The van der Waals surface area contributed by atoms with Gasteiger partial charge in [0.2, 0.25) is 0 Å². The summed E-state index contributed by atoms with van der Waals surface area (Å²) in [4.78, 5) is 25.1. The largest absolute Gasteiger partial charge is 0.366 e. The molecule has 0 unspecified atom stereocenters. The van der Waals surface area contributed by atoms with Crippen molar-refractivity contribution in [3.63, 3.8) is 0 Å². The summed E-state index contributed by atoms with van der Waals surface area (Å²) in [6, 6.07) is 11.6. The van der Waals surface area contributed by atoms with E-state index in [-0.39, 0.29) is 5.56 Å². The number of benzene rings is 1. The van der Waals surface area contributed by atoms with Crippen molar-refractivity contribution in [2.75, 3.05) is 36.0 Å². The Bertz CT molecular complexity index is 993. The predicted octanol–water partition coefficient (Wildman–Crippen LogP) is 2.17. The first kappa shape index (κ1) is 17.2. The highest BCUT2D eigenvalue weighted by Crippen LogP contribution is 2.28. The first-order valence-electron chi connectivity index (χ1n) is 9.07. The van der Waals surface area contributed by atoms with Crippen molar-refractivity contribution in [2.45, 2.75) is 13.8 Å². The Hall–Kier alpha value is -3.22. The molecule has 1 aromatic carbocycles. The van der Waals surface area contributed by atoms with E-state index in [2.05, 4.69) is 36.9 Å². The lowest BCUT2D eigenvalue weighted by Crippen LogP contribution is -2.47. The zero-order valence-electron chi connectivity index (χ0n) is 15.5. The molecule has 0 atom stereocenters. The number of aromatic nitrogens is 4. The summed E-state index contributed by atoms with van der Waals surface area (Å²) >= 11 is 0. The Morgan fingerprint density at radius 3 is 2.41 bits per heavy atom. The zero-order chi connectivity index (χ0) is 18.8. The van der Waals surface area contributed by atoms with E-state index in [4.69, 9.17) is 0 Å². The van der Waals surface area contributed by atoms with Crippen molar-refractivity contribution < 1.29 is 0 Å². The molecular formula is C20H22N6O. The first-order chi connectivity index (χ1) is 13.1. The summed E-state index contributed by atoms with van der Waals surface area (Å²) < 4.78 is 0. The summed E-state index contributed by atoms with van der Waals surface area (Å²) in [5.74, 6) is 0.995. The maximum atomic E-state index is 11.9. The van der Waals surface area contributed by atoms with Crippen LogP contribution in [0.2, 0.25) is 0 Å². The van der Waals surface area contributed by atoms with Gasteiger partial charge in [-0.25, -0.2) is 15.1 Å². The number of H-pyrrole nitrogens is 1. The quantitative estimate of drug-likeness (QED) is 0.769. The highest BCUT2D eigenvalue weighted by atomic mass is 16.1. The maximum absolute atomic E-state index is 11.9. The fraction of sp³-hybridized carbons (Fsp3) is 0.300. The molecule has 1 aliphatic heterocycles. The van der Waals surface area contributed by atoms with Crippen LogP contribution in [-0.4, -0.2) is 46.3 Å². The number of aromatic amines is 1. The second kappa shape index (κ2) is 7.19. The van der Waals surface area contributed by atoms with Gasteiger partial charge in [0.05, 0.1) is 5.69 Å². The third-order valence-corrected chi connectivity index (χ3v) is 5.06. The average molecular weight is 362 g/mol. The van der Waals surface area contributed by atoms with Crippen molar-refractivity contribution in [3.8, 4) is 11.3 Å². The van der Waals surface area contributed by atoms with Gasteiger partial charge in [-0.3, -0.25) is 4.79 Å². The Labute approximate surface area is 157 Å². The zero-order valence-corrected chi connectivity index (χ0v) is 15.5. The highest BCUT2D eigenvalue weighted by molar-refractivity contribution is 5.74. The summed E-state index contributed by atoms with van der Waals surface area (Å²) in [5.41, 5.74) is 4.61. The molecule has 0 amide bonds.